The number of aromatic nitrogens is 2. The third-order valence-corrected chi connectivity index (χ3v) is 4.45. The number of hydrogen-bond acceptors (Lipinski definition) is 5. The molecule has 0 aliphatic heterocycles. The van der Waals surface area contributed by atoms with Gasteiger partial charge < -0.3 is 8.94 Å². The Bertz CT molecular complexity index is 800. The van der Waals surface area contributed by atoms with E-state index < -0.39 is 11.7 Å². The van der Waals surface area contributed by atoms with Gasteiger partial charge in [-0.15, -0.1) is 11.8 Å². The number of nitrogens with zero attached hydrogens (tertiary/aromatic N) is 2. The maximum absolute atomic E-state index is 12.8. The average Bonchev–Trinajstić information content (AvgIpc) is 3.23. The summed E-state index contributed by atoms with van der Waals surface area (Å²) >= 11 is 1.53. The summed E-state index contributed by atoms with van der Waals surface area (Å²) in [4.78, 5) is 4.21. The lowest BCUT2D eigenvalue weighted by Gasteiger charge is -2.06. The Labute approximate surface area is 140 Å². The molecule has 1 aromatic carbocycles. The highest BCUT2D eigenvalue weighted by atomic mass is 32.2. The van der Waals surface area contributed by atoms with Gasteiger partial charge in [0, 0.05) is 5.56 Å². The molecule has 0 N–H and O–H groups in total. The molecule has 2 aromatic heterocycles. The Morgan fingerprint density at radius 1 is 1.21 bits per heavy atom. The quantitative estimate of drug-likeness (QED) is 0.619. The van der Waals surface area contributed by atoms with E-state index in [0.717, 1.165) is 17.9 Å². The van der Waals surface area contributed by atoms with Gasteiger partial charge in [0.15, 0.2) is 0 Å². The lowest BCUT2D eigenvalue weighted by Crippen LogP contribution is -2.04. The van der Waals surface area contributed by atoms with Gasteiger partial charge in [-0.1, -0.05) is 17.3 Å². The SMILES string of the molecule is CC(SCc1ccco1)c1nc(-c2cccc(C(F)(F)F)c2)no1. The molecule has 0 fully saturated rings. The molecule has 0 saturated heterocycles. The molecule has 24 heavy (non-hydrogen) atoms. The third-order valence-electron chi connectivity index (χ3n) is 3.29. The molecule has 0 spiro atoms. The van der Waals surface area contributed by atoms with E-state index >= 15 is 0 Å². The lowest BCUT2D eigenvalue weighted by atomic mass is 10.1. The molecule has 1 atom stereocenters. The van der Waals surface area contributed by atoms with Crippen LogP contribution in [-0.4, -0.2) is 10.1 Å². The van der Waals surface area contributed by atoms with Crippen LogP contribution in [0.25, 0.3) is 11.4 Å². The van der Waals surface area contributed by atoms with E-state index in [4.69, 9.17) is 8.94 Å². The Kier molecular flexibility index (Phi) is 4.66. The predicted molar refractivity (Wildman–Crippen MR) is 83.2 cm³/mol. The minimum atomic E-state index is -4.41. The molecule has 0 amide bonds. The van der Waals surface area contributed by atoms with Crippen molar-refractivity contribution in [1.29, 1.82) is 0 Å². The van der Waals surface area contributed by atoms with Crippen LogP contribution >= 0.6 is 11.8 Å². The number of thioether (sulfide) groups is 1. The van der Waals surface area contributed by atoms with Crippen LogP contribution in [0.5, 0.6) is 0 Å². The molecule has 0 aliphatic carbocycles. The summed E-state index contributed by atoms with van der Waals surface area (Å²) in [6.07, 6.45) is -2.81. The van der Waals surface area contributed by atoms with Crippen molar-refractivity contribution in [3.05, 3.63) is 59.9 Å². The maximum Gasteiger partial charge on any atom is 0.416 e. The summed E-state index contributed by atoms with van der Waals surface area (Å²) in [6.45, 7) is 1.89. The zero-order valence-electron chi connectivity index (χ0n) is 12.6. The Balaban J connectivity index is 1.73. The monoisotopic (exact) mass is 354 g/mol. The van der Waals surface area contributed by atoms with E-state index in [1.54, 1.807) is 12.3 Å². The number of hydrogen-bond donors (Lipinski definition) is 0. The summed E-state index contributed by atoms with van der Waals surface area (Å²) in [7, 11) is 0. The van der Waals surface area contributed by atoms with Gasteiger partial charge in [0.25, 0.3) is 0 Å². The van der Waals surface area contributed by atoms with Gasteiger partial charge in [0.05, 0.1) is 22.8 Å². The largest absolute Gasteiger partial charge is 0.468 e. The summed E-state index contributed by atoms with van der Waals surface area (Å²) in [6, 6.07) is 8.52. The molecule has 3 rings (SSSR count). The number of halogens is 3. The van der Waals surface area contributed by atoms with Crippen molar-refractivity contribution >= 4 is 11.8 Å². The fourth-order valence-electron chi connectivity index (χ4n) is 2.03. The first kappa shape index (κ1) is 16.6. The first-order chi connectivity index (χ1) is 11.4. The molecule has 0 bridgehead atoms. The zero-order valence-corrected chi connectivity index (χ0v) is 13.4. The van der Waals surface area contributed by atoms with Crippen LogP contribution in [-0.2, 0) is 11.9 Å². The predicted octanol–water partition coefficient (Wildman–Crippen LogP) is 5.34. The second-order valence-corrected chi connectivity index (χ2v) is 6.40. The minimum Gasteiger partial charge on any atom is -0.468 e. The van der Waals surface area contributed by atoms with Crippen LogP contribution in [0.15, 0.2) is 51.6 Å². The molecule has 2 heterocycles. The molecule has 0 radical (unpaired) electrons. The van der Waals surface area contributed by atoms with Crippen LogP contribution in [0.1, 0.15) is 29.4 Å². The normalized spacial score (nSPS) is 13.2. The molecule has 0 saturated carbocycles. The van der Waals surface area contributed by atoms with E-state index in [1.807, 2.05) is 13.0 Å². The van der Waals surface area contributed by atoms with E-state index in [2.05, 4.69) is 10.1 Å². The Hall–Kier alpha value is -2.22. The van der Waals surface area contributed by atoms with Crippen LogP contribution in [0.2, 0.25) is 0 Å². The van der Waals surface area contributed by atoms with Crippen molar-refractivity contribution in [2.24, 2.45) is 0 Å². The van der Waals surface area contributed by atoms with Crippen LogP contribution in [0, 0.1) is 0 Å². The van der Waals surface area contributed by atoms with Crippen molar-refractivity contribution in [1.82, 2.24) is 10.1 Å². The molecular formula is C16H13F3N2O2S. The standard InChI is InChI=1S/C16H13F3N2O2S/c1-10(24-9-13-6-3-7-22-13)15-20-14(21-23-15)11-4-2-5-12(8-11)16(17,18)19/h2-8,10H,9H2,1H3. The fraction of sp³-hybridized carbons (Fsp3) is 0.250. The van der Waals surface area contributed by atoms with Crippen molar-refractivity contribution in [2.75, 3.05) is 0 Å². The first-order valence-electron chi connectivity index (χ1n) is 7.08. The van der Waals surface area contributed by atoms with E-state index in [1.165, 1.54) is 23.9 Å². The van der Waals surface area contributed by atoms with Gasteiger partial charge in [0.2, 0.25) is 11.7 Å². The summed E-state index contributed by atoms with van der Waals surface area (Å²) in [5.74, 6) is 1.96. The Morgan fingerprint density at radius 3 is 2.75 bits per heavy atom. The summed E-state index contributed by atoms with van der Waals surface area (Å²) < 4.78 is 48.8. The maximum atomic E-state index is 12.8. The van der Waals surface area contributed by atoms with Gasteiger partial charge in [-0.2, -0.15) is 18.2 Å². The summed E-state index contributed by atoms with van der Waals surface area (Å²) in [5, 5.41) is 3.68. The van der Waals surface area contributed by atoms with E-state index in [9.17, 15) is 13.2 Å². The van der Waals surface area contributed by atoms with Crippen LogP contribution < -0.4 is 0 Å². The van der Waals surface area contributed by atoms with Crippen LogP contribution in [0.4, 0.5) is 13.2 Å². The Morgan fingerprint density at radius 2 is 2.04 bits per heavy atom. The van der Waals surface area contributed by atoms with Crippen molar-refractivity contribution in [2.45, 2.75) is 24.1 Å². The van der Waals surface area contributed by atoms with E-state index in [-0.39, 0.29) is 16.6 Å². The van der Waals surface area contributed by atoms with Crippen LogP contribution in [0.3, 0.4) is 0 Å². The van der Waals surface area contributed by atoms with Gasteiger partial charge in [0.1, 0.15) is 5.76 Å². The molecule has 1 unspecified atom stereocenters. The van der Waals surface area contributed by atoms with Gasteiger partial charge >= 0.3 is 6.18 Å². The smallest absolute Gasteiger partial charge is 0.416 e. The number of rotatable bonds is 5. The van der Waals surface area contributed by atoms with Gasteiger partial charge in [-0.05, 0) is 31.2 Å². The second kappa shape index (κ2) is 6.72. The molecule has 3 aromatic rings. The van der Waals surface area contributed by atoms with Gasteiger partial charge in [-0.3, -0.25) is 0 Å². The zero-order chi connectivity index (χ0) is 17.2. The third kappa shape index (κ3) is 3.81. The second-order valence-electron chi connectivity index (χ2n) is 5.07. The minimum absolute atomic E-state index is 0.109. The molecule has 8 heteroatoms. The highest BCUT2D eigenvalue weighted by Crippen LogP contribution is 2.33. The lowest BCUT2D eigenvalue weighted by molar-refractivity contribution is -0.137. The van der Waals surface area contributed by atoms with E-state index in [0.29, 0.717) is 11.6 Å². The van der Waals surface area contributed by atoms with Crippen molar-refractivity contribution in [3.63, 3.8) is 0 Å². The highest BCUT2D eigenvalue weighted by molar-refractivity contribution is 7.98. The molecule has 4 nitrogen and oxygen atoms in total. The average molecular weight is 354 g/mol. The number of furan rings is 1. The topological polar surface area (TPSA) is 52.1 Å². The molecule has 0 aliphatic rings. The first-order valence-corrected chi connectivity index (χ1v) is 8.13. The molecule has 126 valence electrons. The number of alkyl halides is 3. The van der Waals surface area contributed by atoms with Crippen molar-refractivity contribution < 1.29 is 22.1 Å². The van der Waals surface area contributed by atoms with Gasteiger partial charge in [-0.25, -0.2) is 0 Å². The highest BCUT2D eigenvalue weighted by Gasteiger charge is 2.30. The molecular weight excluding hydrogens is 341 g/mol. The number of benzene rings is 1. The summed E-state index contributed by atoms with van der Waals surface area (Å²) in [5.41, 5.74) is -0.477. The fourth-order valence-corrected chi connectivity index (χ4v) is 2.84. The van der Waals surface area contributed by atoms with Crippen molar-refractivity contribution in [3.8, 4) is 11.4 Å².